The van der Waals surface area contributed by atoms with Crippen LogP contribution in [0.3, 0.4) is 0 Å². The third-order valence-corrected chi connectivity index (χ3v) is 4.23. The molecule has 1 N–H and O–H groups in total. The average molecular weight is 307 g/mol. The van der Waals surface area contributed by atoms with Crippen LogP contribution in [0.2, 0.25) is 0 Å². The van der Waals surface area contributed by atoms with Crippen molar-refractivity contribution in [3.63, 3.8) is 0 Å². The molecule has 0 radical (unpaired) electrons. The topological polar surface area (TPSA) is 12.0 Å². The molecule has 122 valence electrons. The number of benzene rings is 2. The van der Waals surface area contributed by atoms with Crippen molar-refractivity contribution in [2.75, 3.05) is 0 Å². The Bertz CT molecular complexity index is 594. The lowest BCUT2D eigenvalue weighted by molar-refractivity contribution is 0.502. The van der Waals surface area contributed by atoms with E-state index in [1.54, 1.807) is 0 Å². The van der Waals surface area contributed by atoms with Gasteiger partial charge in [-0.1, -0.05) is 87.9 Å². The molecule has 0 spiro atoms. The first-order valence-corrected chi connectivity index (χ1v) is 8.82. The first-order chi connectivity index (χ1) is 11.2. The number of hydrogen-bond donors (Lipinski definition) is 1. The Kier molecular flexibility index (Phi) is 6.93. The first kappa shape index (κ1) is 17.3. The zero-order chi connectivity index (χ0) is 16.5. The van der Waals surface area contributed by atoms with Crippen molar-refractivity contribution in [3.05, 3.63) is 77.9 Å². The van der Waals surface area contributed by atoms with Crippen molar-refractivity contribution in [1.29, 1.82) is 0 Å². The zero-order valence-electron chi connectivity index (χ0n) is 14.5. The summed E-state index contributed by atoms with van der Waals surface area (Å²) in [5, 5.41) is 3.67. The predicted octanol–water partition coefficient (Wildman–Crippen LogP) is 5.81. The van der Waals surface area contributed by atoms with Gasteiger partial charge in [0.05, 0.1) is 0 Å². The van der Waals surface area contributed by atoms with Crippen molar-refractivity contribution in [2.24, 2.45) is 0 Å². The molecule has 0 atom stereocenters. The lowest BCUT2D eigenvalue weighted by Gasteiger charge is -2.22. The van der Waals surface area contributed by atoms with Crippen LogP contribution in [0.25, 0.3) is 5.70 Å². The van der Waals surface area contributed by atoms with E-state index in [4.69, 9.17) is 0 Å². The van der Waals surface area contributed by atoms with Gasteiger partial charge in [-0.3, -0.25) is 0 Å². The molecule has 23 heavy (non-hydrogen) atoms. The molecule has 0 saturated carbocycles. The smallest absolute Gasteiger partial charge is 0.0345 e. The molecule has 2 rings (SSSR count). The Morgan fingerprint density at radius 3 is 2.17 bits per heavy atom. The maximum absolute atomic E-state index is 4.32. The van der Waals surface area contributed by atoms with Gasteiger partial charge in [-0.15, -0.1) is 0 Å². The summed E-state index contributed by atoms with van der Waals surface area (Å²) in [5.41, 5.74) is 4.98. The van der Waals surface area contributed by atoms with E-state index in [0.29, 0.717) is 6.04 Å². The largest absolute Gasteiger partial charge is 0.382 e. The van der Waals surface area contributed by atoms with Gasteiger partial charge in [0, 0.05) is 17.3 Å². The van der Waals surface area contributed by atoms with Crippen LogP contribution in [0.4, 0.5) is 0 Å². The Morgan fingerprint density at radius 1 is 0.913 bits per heavy atom. The molecular formula is C22H29N. The van der Waals surface area contributed by atoms with E-state index < -0.39 is 0 Å². The van der Waals surface area contributed by atoms with Crippen LogP contribution in [0.1, 0.15) is 56.2 Å². The second-order valence-electron chi connectivity index (χ2n) is 6.22. The van der Waals surface area contributed by atoms with Crippen LogP contribution in [0, 0.1) is 0 Å². The maximum atomic E-state index is 4.32. The standard InChI is InChI=1S/C22H29N/c1-4-11-21(12-5-2)23-18(3)22-16-10-9-15-20(22)17-19-13-7-6-8-14-19/h6-10,13-16,21,23H,3-5,11-12,17H2,1-2H3. The Balaban J connectivity index is 2.13. The predicted molar refractivity (Wildman–Crippen MR) is 101 cm³/mol. The van der Waals surface area contributed by atoms with E-state index in [1.807, 2.05) is 0 Å². The highest BCUT2D eigenvalue weighted by Gasteiger charge is 2.11. The average Bonchev–Trinajstić information content (AvgIpc) is 2.57. The summed E-state index contributed by atoms with van der Waals surface area (Å²) in [5.74, 6) is 0. The lowest BCUT2D eigenvalue weighted by Crippen LogP contribution is -2.27. The minimum atomic E-state index is 0.530. The third-order valence-electron chi connectivity index (χ3n) is 4.23. The van der Waals surface area contributed by atoms with Gasteiger partial charge in [0.1, 0.15) is 0 Å². The van der Waals surface area contributed by atoms with E-state index >= 15 is 0 Å². The van der Waals surface area contributed by atoms with Crippen molar-refractivity contribution < 1.29 is 0 Å². The summed E-state index contributed by atoms with van der Waals surface area (Å²) in [6.45, 7) is 8.81. The minimum Gasteiger partial charge on any atom is -0.382 e. The normalized spacial score (nSPS) is 10.7. The summed E-state index contributed by atoms with van der Waals surface area (Å²) in [6, 6.07) is 19.8. The van der Waals surface area contributed by atoms with E-state index in [0.717, 1.165) is 12.1 Å². The molecule has 2 aromatic carbocycles. The maximum Gasteiger partial charge on any atom is 0.0345 e. The van der Waals surface area contributed by atoms with E-state index in [2.05, 4.69) is 80.3 Å². The number of nitrogens with one attached hydrogen (secondary N) is 1. The third kappa shape index (κ3) is 5.28. The number of hydrogen-bond acceptors (Lipinski definition) is 1. The van der Waals surface area contributed by atoms with Crippen molar-refractivity contribution in [2.45, 2.75) is 52.0 Å². The highest BCUT2D eigenvalue weighted by molar-refractivity contribution is 5.65. The molecule has 0 unspecified atom stereocenters. The molecule has 0 aliphatic carbocycles. The van der Waals surface area contributed by atoms with E-state index in [-0.39, 0.29) is 0 Å². The van der Waals surface area contributed by atoms with Crippen LogP contribution >= 0.6 is 0 Å². The minimum absolute atomic E-state index is 0.530. The monoisotopic (exact) mass is 307 g/mol. The molecule has 0 aliphatic heterocycles. The van der Waals surface area contributed by atoms with Gasteiger partial charge >= 0.3 is 0 Å². The molecule has 1 nitrogen and oxygen atoms in total. The Hall–Kier alpha value is -2.02. The molecule has 2 aromatic rings. The van der Waals surface area contributed by atoms with Crippen molar-refractivity contribution in [1.82, 2.24) is 5.32 Å². The van der Waals surface area contributed by atoms with Crippen molar-refractivity contribution in [3.8, 4) is 0 Å². The van der Waals surface area contributed by atoms with Crippen LogP contribution in [-0.4, -0.2) is 6.04 Å². The van der Waals surface area contributed by atoms with Crippen LogP contribution in [-0.2, 0) is 6.42 Å². The fourth-order valence-electron chi connectivity index (χ4n) is 3.09. The molecule has 0 aliphatic rings. The SMILES string of the molecule is C=C(NC(CCC)CCC)c1ccccc1Cc1ccccc1. The van der Waals surface area contributed by atoms with Gasteiger partial charge in [0.2, 0.25) is 0 Å². The number of rotatable bonds is 9. The fourth-order valence-corrected chi connectivity index (χ4v) is 3.09. The van der Waals surface area contributed by atoms with Gasteiger partial charge in [-0.25, -0.2) is 0 Å². The first-order valence-electron chi connectivity index (χ1n) is 8.82. The summed E-state index contributed by atoms with van der Waals surface area (Å²) in [4.78, 5) is 0. The van der Waals surface area contributed by atoms with Gasteiger partial charge in [0.15, 0.2) is 0 Å². The molecule has 0 heterocycles. The quantitative estimate of drug-likeness (QED) is 0.616. The fraction of sp³-hybridized carbons (Fsp3) is 0.364. The van der Waals surface area contributed by atoms with Gasteiger partial charge in [-0.2, -0.15) is 0 Å². The highest BCUT2D eigenvalue weighted by atomic mass is 14.9. The van der Waals surface area contributed by atoms with Gasteiger partial charge in [-0.05, 0) is 30.4 Å². The zero-order valence-corrected chi connectivity index (χ0v) is 14.5. The molecular weight excluding hydrogens is 278 g/mol. The van der Waals surface area contributed by atoms with E-state index in [9.17, 15) is 0 Å². The molecule has 0 aromatic heterocycles. The molecule has 1 heteroatoms. The van der Waals surface area contributed by atoms with Crippen molar-refractivity contribution >= 4 is 5.70 Å². The Morgan fingerprint density at radius 2 is 1.52 bits per heavy atom. The van der Waals surface area contributed by atoms with Crippen LogP contribution < -0.4 is 5.32 Å². The molecule has 0 saturated heterocycles. The molecule has 0 fully saturated rings. The second-order valence-corrected chi connectivity index (χ2v) is 6.22. The lowest BCUT2D eigenvalue weighted by atomic mass is 9.97. The van der Waals surface area contributed by atoms with Crippen LogP contribution in [0.15, 0.2) is 61.2 Å². The van der Waals surface area contributed by atoms with Gasteiger partial charge in [0.25, 0.3) is 0 Å². The summed E-state index contributed by atoms with van der Waals surface area (Å²) >= 11 is 0. The molecule has 0 bridgehead atoms. The summed E-state index contributed by atoms with van der Waals surface area (Å²) in [7, 11) is 0. The molecule has 0 amide bonds. The second kappa shape index (κ2) is 9.19. The summed E-state index contributed by atoms with van der Waals surface area (Å²) < 4.78 is 0. The van der Waals surface area contributed by atoms with Gasteiger partial charge < -0.3 is 5.32 Å². The van der Waals surface area contributed by atoms with Crippen LogP contribution in [0.5, 0.6) is 0 Å². The summed E-state index contributed by atoms with van der Waals surface area (Å²) in [6.07, 6.45) is 5.76. The van der Waals surface area contributed by atoms with E-state index in [1.165, 1.54) is 42.4 Å². The highest BCUT2D eigenvalue weighted by Crippen LogP contribution is 2.21. The Labute approximate surface area is 141 Å².